The Balaban J connectivity index is 2.04. The van der Waals surface area contributed by atoms with Gasteiger partial charge in [-0.05, 0) is 18.6 Å². The number of nitrogens with one attached hydrogen (secondary N) is 1. The van der Waals surface area contributed by atoms with E-state index in [0.717, 1.165) is 26.2 Å². The molecule has 0 aromatic heterocycles. The topological polar surface area (TPSA) is 15.3 Å². The number of rotatable bonds is 2. The van der Waals surface area contributed by atoms with Gasteiger partial charge in [0.2, 0.25) is 0 Å². The minimum absolute atomic E-state index is 0.630. The van der Waals surface area contributed by atoms with Crippen LogP contribution in [-0.2, 0) is 6.54 Å². The quantitative estimate of drug-likeness (QED) is 0.885. The van der Waals surface area contributed by atoms with E-state index < -0.39 is 0 Å². The fourth-order valence-corrected chi connectivity index (χ4v) is 2.37. The molecule has 2 rings (SSSR count). The lowest BCUT2D eigenvalue weighted by molar-refractivity contribution is 0.165. The number of nitrogens with zero attached hydrogens (tertiary/aromatic N) is 1. The molecule has 1 aromatic carbocycles. The molecule has 2 nitrogen and oxygen atoms in total. The minimum atomic E-state index is 0.630. The Kier molecular flexibility index (Phi) is 3.78. The molecule has 1 aromatic rings. The van der Waals surface area contributed by atoms with Crippen LogP contribution in [0.25, 0.3) is 0 Å². The van der Waals surface area contributed by atoms with Gasteiger partial charge in [-0.2, -0.15) is 0 Å². The van der Waals surface area contributed by atoms with Gasteiger partial charge in [-0.25, -0.2) is 0 Å². The third kappa shape index (κ3) is 2.80. The summed E-state index contributed by atoms with van der Waals surface area (Å²) in [4.78, 5) is 2.52. The average Bonchev–Trinajstić information content (AvgIpc) is 2.24. The van der Waals surface area contributed by atoms with E-state index in [1.165, 1.54) is 10.0 Å². The zero-order chi connectivity index (χ0) is 10.7. The highest BCUT2D eigenvalue weighted by molar-refractivity contribution is 9.10. The molecule has 0 aliphatic carbocycles. The maximum Gasteiger partial charge on any atom is 0.0248 e. The van der Waals surface area contributed by atoms with Crippen LogP contribution in [0.3, 0.4) is 0 Å². The standard InChI is InChI=1S/C12H17BrN2/c1-10-8-14-6-7-15(10)9-11-4-2-3-5-12(11)13/h2-5,10,14H,6-9H2,1H3/t10-/m0/s1. The molecule has 82 valence electrons. The molecule has 0 saturated carbocycles. The fourth-order valence-electron chi connectivity index (χ4n) is 1.96. The predicted molar refractivity (Wildman–Crippen MR) is 66.9 cm³/mol. The van der Waals surface area contributed by atoms with Crippen LogP contribution in [0.15, 0.2) is 28.7 Å². The van der Waals surface area contributed by atoms with E-state index in [-0.39, 0.29) is 0 Å². The maximum absolute atomic E-state index is 3.60. The molecule has 1 N–H and O–H groups in total. The molecule has 1 heterocycles. The molecule has 0 radical (unpaired) electrons. The Labute approximate surface area is 99.8 Å². The van der Waals surface area contributed by atoms with E-state index in [0.29, 0.717) is 6.04 Å². The van der Waals surface area contributed by atoms with Crippen LogP contribution in [0.4, 0.5) is 0 Å². The summed E-state index contributed by atoms with van der Waals surface area (Å²) in [6, 6.07) is 9.11. The molecule has 0 bridgehead atoms. The van der Waals surface area contributed by atoms with Gasteiger partial charge in [-0.15, -0.1) is 0 Å². The van der Waals surface area contributed by atoms with Crippen molar-refractivity contribution in [2.24, 2.45) is 0 Å². The van der Waals surface area contributed by atoms with Crippen molar-refractivity contribution >= 4 is 15.9 Å². The van der Waals surface area contributed by atoms with Crippen LogP contribution < -0.4 is 5.32 Å². The predicted octanol–water partition coefficient (Wildman–Crippen LogP) is 2.24. The monoisotopic (exact) mass is 268 g/mol. The van der Waals surface area contributed by atoms with Gasteiger partial charge in [-0.1, -0.05) is 34.1 Å². The molecular formula is C12H17BrN2. The van der Waals surface area contributed by atoms with Crippen molar-refractivity contribution in [3.8, 4) is 0 Å². The van der Waals surface area contributed by atoms with Crippen molar-refractivity contribution in [3.05, 3.63) is 34.3 Å². The third-order valence-electron chi connectivity index (χ3n) is 2.97. The number of hydrogen-bond acceptors (Lipinski definition) is 2. The van der Waals surface area contributed by atoms with E-state index in [9.17, 15) is 0 Å². The molecule has 1 saturated heterocycles. The van der Waals surface area contributed by atoms with E-state index in [1.54, 1.807) is 0 Å². The van der Waals surface area contributed by atoms with Crippen molar-refractivity contribution in [2.45, 2.75) is 19.5 Å². The molecule has 1 aliphatic heterocycles. The van der Waals surface area contributed by atoms with Crippen molar-refractivity contribution in [3.63, 3.8) is 0 Å². The zero-order valence-corrected chi connectivity index (χ0v) is 10.6. The van der Waals surface area contributed by atoms with Crippen LogP contribution in [0, 0.1) is 0 Å². The molecule has 1 fully saturated rings. The first-order valence-electron chi connectivity index (χ1n) is 5.45. The Hall–Kier alpha value is -0.380. The van der Waals surface area contributed by atoms with Gasteiger partial charge in [0, 0.05) is 36.7 Å². The first-order valence-corrected chi connectivity index (χ1v) is 6.25. The Morgan fingerprint density at radius 1 is 1.47 bits per heavy atom. The van der Waals surface area contributed by atoms with Gasteiger partial charge in [0.25, 0.3) is 0 Å². The molecule has 3 heteroatoms. The molecular weight excluding hydrogens is 252 g/mol. The first kappa shape index (κ1) is 11.1. The summed E-state index contributed by atoms with van der Waals surface area (Å²) in [7, 11) is 0. The molecule has 0 unspecified atom stereocenters. The summed E-state index contributed by atoms with van der Waals surface area (Å²) in [6.45, 7) is 6.68. The number of benzene rings is 1. The van der Waals surface area contributed by atoms with Crippen LogP contribution in [0.5, 0.6) is 0 Å². The van der Waals surface area contributed by atoms with Crippen LogP contribution in [0.1, 0.15) is 12.5 Å². The fraction of sp³-hybridized carbons (Fsp3) is 0.500. The zero-order valence-electron chi connectivity index (χ0n) is 9.04. The number of piperazine rings is 1. The van der Waals surface area contributed by atoms with E-state index >= 15 is 0 Å². The summed E-state index contributed by atoms with van der Waals surface area (Å²) in [5.74, 6) is 0. The second-order valence-electron chi connectivity index (χ2n) is 4.12. The van der Waals surface area contributed by atoms with Crippen molar-refractivity contribution in [2.75, 3.05) is 19.6 Å². The average molecular weight is 269 g/mol. The van der Waals surface area contributed by atoms with Gasteiger partial charge in [0.15, 0.2) is 0 Å². The SMILES string of the molecule is C[C@H]1CNCCN1Cc1ccccc1Br. The normalized spacial score (nSPS) is 22.9. The highest BCUT2D eigenvalue weighted by atomic mass is 79.9. The Bertz CT molecular complexity index is 327. The van der Waals surface area contributed by atoms with Crippen molar-refractivity contribution in [1.82, 2.24) is 10.2 Å². The van der Waals surface area contributed by atoms with Crippen molar-refractivity contribution < 1.29 is 0 Å². The number of hydrogen-bond donors (Lipinski definition) is 1. The van der Waals surface area contributed by atoms with Gasteiger partial charge in [-0.3, -0.25) is 4.90 Å². The lowest BCUT2D eigenvalue weighted by atomic mass is 10.1. The van der Waals surface area contributed by atoms with Gasteiger partial charge in [0.1, 0.15) is 0 Å². The molecule has 0 amide bonds. The Morgan fingerprint density at radius 3 is 3.00 bits per heavy atom. The molecule has 0 spiro atoms. The summed E-state index contributed by atoms with van der Waals surface area (Å²) in [5, 5.41) is 3.41. The second-order valence-corrected chi connectivity index (χ2v) is 4.97. The van der Waals surface area contributed by atoms with Crippen LogP contribution in [-0.4, -0.2) is 30.6 Å². The smallest absolute Gasteiger partial charge is 0.0248 e. The molecule has 1 atom stereocenters. The third-order valence-corrected chi connectivity index (χ3v) is 3.74. The van der Waals surface area contributed by atoms with Crippen LogP contribution >= 0.6 is 15.9 Å². The molecule has 1 aliphatic rings. The largest absolute Gasteiger partial charge is 0.314 e. The summed E-state index contributed by atoms with van der Waals surface area (Å²) in [5.41, 5.74) is 1.38. The van der Waals surface area contributed by atoms with E-state index in [4.69, 9.17) is 0 Å². The second kappa shape index (κ2) is 5.10. The highest BCUT2D eigenvalue weighted by Gasteiger charge is 2.18. The van der Waals surface area contributed by atoms with Gasteiger partial charge >= 0.3 is 0 Å². The first-order chi connectivity index (χ1) is 7.27. The highest BCUT2D eigenvalue weighted by Crippen LogP contribution is 2.19. The Morgan fingerprint density at radius 2 is 2.27 bits per heavy atom. The summed E-state index contributed by atoms with van der Waals surface area (Å²) in [6.07, 6.45) is 0. The summed E-state index contributed by atoms with van der Waals surface area (Å²) < 4.78 is 1.22. The lowest BCUT2D eigenvalue weighted by Crippen LogP contribution is -2.49. The maximum atomic E-state index is 3.60. The molecule has 15 heavy (non-hydrogen) atoms. The number of halogens is 1. The van der Waals surface area contributed by atoms with E-state index in [2.05, 4.69) is 57.3 Å². The lowest BCUT2D eigenvalue weighted by Gasteiger charge is -2.34. The van der Waals surface area contributed by atoms with Crippen LogP contribution in [0.2, 0.25) is 0 Å². The summed E-state index contributed by atoms with van der Waals surface area (Å²) >= 11 is 3.60. The van der Waals surface area contributed by atoms with E-state index in [1.807, 2.05) is 0 Å². The van der Waals surface area contributed by atoms with Gasteiger partial charge in [0.05, 0.1) is 0 Å². The van der Waals surface area contributed by atoms with Crippen molar-refractivity contribution in [1.29, 1.82) is 0 Å². The van der Waals surface area contributed by atoms with Gasteiger partial charge < -0.3 is 5.32 Å². The minimum Gasteiger partial charge on any atom is -0.314 e.